The van der Waals surface area contributed by atoms with Crippen LogP contribution in [0.1, 0.15) is 61.1 Å². The molecule has 1 saturated heterocycles. The van der Waals surface area contributed by atoms with E-state index in [0.29, 0.717) is 34.0 Å². The Hall–Kier alpha value is -3.42. The summed E-state index contributed by atoms with van der Waals surface area (Å²) in [5.74, 6) is -0.977. The molecular weight excluding hydrogens is 611 g/mol. The number of carbonyl (C=O) groups excluding carboxylic acids is 2. The first-order valence-corrected chi connectivity index (χ1v) is 16.5. The zero-order valence-electron chi connectivity index (χ0n) is 24.0. The molecule has 8 nitrogen and oxygen atoms in total. The number of nitriles is 1. The number of amides is 1. The van der Waals surface area contributed by atoms with Crippen molar-refractivity contribution in [3.05, 3.63) is 99.0 Å². The van der Waals surface area contributed by atoms with Gasteiger partial charge < -0.3 is 14.4 Å². The number of nitrogens with zero attached hydrogens (tertiary/aromatic N) is 2. The molecule has 0 bridgehead atoms. The zero-order chi connectivity index (χ0) is 31.3. The number of benzene rings is 3. The summed E-state index contributed by atoms with van der Waals surface area (Å²) in [6.07, 6.45) is 0.141. The van der Waals surface area contributed by atoms with E-state index < -0.39 is 46.0 Å². The number of esters is 1. The highest BCUT2D eigenvalue weighted by atomic mass is 35.5. The molecule has 226 valence electrons. The van der Waals surface area contributed by atoms with Crippen LogP contribution in [0.15, 0.2) is 71.6 Å². The molecule has 3 aromatic carbocycles. The molecule has 1 amide bonds. The lowest BCUT2D eigenvalue weighted by atomic mass is 9.88. The second-order valence-electron chi connectivity index (χ2n) is 10.3. The lowest BCUT2D eigenvalue weighted by Crippen LogP contribution is -2.57. The molecule has 0 aromatic heterocycles. The van der Waals surface area contributed by atoms with Gasteiger partial charge in [0.05, 0.1) is 29.2 Å². The fourth-order valence-electron chi connectivity index (χ4n) is 5.30. The summed E-state index contributed by atoms with van der Waals surface area (Å²) in [6, 6.07) is 18.7. The molecule has 43 heavy (non-hydrogen) atoms. The first-order chi connectivity index (χ1) is 20.5. The van der Waals surface area contributed by atoms with Crippen LogP contribution in [0.3, 0.4) is 0 Å². The van der Waals surface area contributed by atoms with Crippen molar-refractivity contribution in [2.45, 2.75) is 62.3 Å². The van der Waals surface area contributed by atoms with Crippen LogP contribution < -0.4 is 0 Å². The fourth-order valence-corrected chi connectivity index (χ4v) is 6.20. The average molecular weight is 644 g/mol. The smallest absolute Gasteiger partial charge is 0.328 e. The quantitative estimate of drug-likeness (QED) is 0.240. The van der Waals surface area contributed by atoms with Gasteiger partial charge in [0, 0.05) is 22.7 Å². The summed E-state index contributed by atoms with van der Waals surface area (Å²) >= 11 is 12.4. The maximum Gasteiger partial charge on any atom is 0.328 e. The lowest BCUT2D eigenvalue weighted by molar-refractivity contribution is -0.186. The molecule has 1 heterocycles. The van der Waals surface area contributed by atoms with Gasteiger partial charge in [-0.25, -0.2) is 13.2 Å². The summed E-state index contributed by atoms with van der Waals surface area (Å²) < 4.78 is 36.2. The molecule has 4 unspecified atom stereocenters. The molecule has 4 atom stereocenters. The number of sulfone groups is 1. The van der Waals surface area contributed by atoms with E-state index in [2.05, 4.69) is 0 Å². The fraction of sp³-hybridized carbons (Fsp3) is 0.344. The maximum atomic E-state index is 14.4. The van der Waals surface area contributed by atoms with Gasteiger partial charge in [-0.15, -0.1) is 0 Å². The molecule has 0 saturated carbocycles. The second kappa shape index (κ2) is 13.9. The van der Waals surface area contributed by atoms with Gasteiger partial charge in [0.25, 0.3) is 5.91 Å². The van der Waals surface area contributed by atoms with Crippen molar-refractivity contribution in [3.8, 4) is 6.07 Å². The Morgan fingerprint density at radius 3 is 2.16 bits per heavy atom. The van der Waals surface area contributed by atoms with Crippen molar-refractivity contribution in [2.75, 3.05) is 12.9 Å². The van der Waals surface area contributed by atoms with Crippen LogP contribution in [0.25, 0.3) is 0 Å². The first-order valence-electron chi connectivity index (χ1n) is 13.9. The van der Waals surface area contributed by atoms with Gasteiger partial charge in [0.1, 0.15) is 18.2 Å². The molecule has 4 rings (SSSR count). The van der Waals surface area contributed by atoms with Crippen LogP contribution in [-0.4, -0.2) is 50.2 Å². The Labute approximate surface area is 262 Å². The molecular formula is C32H32Cl2N2O6S. The number of morpholine rings is 1. The third kappa shape index (κ3) is 7.39. The highest BCUT2D eigenvalue weighted by Crippen LogP contribution is 2.45. The van der Waals surface area contributed by atoms with Gasteiger partial charge in [0.2, 0.25) is 0 Å². The van der Waals surface area contributed by atoms with Gasteiger partial charge in [0.15, 0.2) is 9.84 Å². The van der Waals surface area contributed by atoms with E-state index in [1.807, 2.05) is 25.1 Å². The minimum Gasteiger partial charge on any atom is -0.464 e. The van der Waals surface area contributed by atoms with Crippen LogP contribution in [-0.2, 0) is 35.3 Å². The topological polar surface area (TPSA) is 114 Å². The molecule has 0 radical (unpaired) electrons. The third-order valence-electron chi connectivity index (χ3n) is 7.33. The predicted octanol–water partition coefficient (Wildman–Crippen LogP) is 6.25. The van der Waals surface area contributed by atoms with Crippen molar-refractivity contribution >= 4 is 44.9 Å². The number of rotatable bonds is 10. The van der Waals surface area contributed by atoms with Crippen molar-refractivity contribution < 1.29 is 27.5 Å². The molecule has 1 fully saturated rings. The summed E-state index contributed by atoms with van der Waals surface area (Å²) in [6.45, 7) is 3.78. The van der Waals surface area contributed by atoms with Gasteiger partial charge in [-0.05, 0) is 66.4 Å². The largest absolute Gasteiger partial charge is 0.464 e. The molecule has 1 aliphatic rings. The van der Waals surface area contributed by atoms with Gasteiger partial charge in [-0.1, -0.05) is 66.9 Å². The highest BCUT2D eigenvalue weighted by molar-refractivity contribution is 7.90. The number of ether oxygens (including phenoxy) is 2. The summed E-state index contributed by atoms with van der Waals surface area (Å²) in [4.78, 5) is 29.4. The monoisotopic (exact) mass is 642 g/mol. The Kier molecular flexibility index (Phi) is 10.5. The Bertz CT molecular complexity index is 1620. The van der Waals surface area contributed by atoms with Crippen molar-refractivity contribution in [3.63, 3.8) is 0 Å². The van der Waals surface area contributed by atoms with Gasteiger partial charge in [-0.2, -0.15) is 5.26 Å². The molecule has 1 aliphatic heterocycles. The maximum absolute atomic E-state index is 14.4. The van der Waals surface area contributed by atoms with Crippen LogP contribution in [0, 0.1) is 11.3 Å². The summed E-state index contributed by atoms with van der Waals surface area (Å²) in [7, 11) is -3.56. The van der Waals surface area contributed by atoms with E-state index in [0.717, 1.165) is 11.8 Å². The van der Waals surface area contributed by atoms with Gasteiger partial charge >= 0.3 is 5.97 Å². The van der Waals surface area contributed by atoms with Crippen LogP contribution >= 0.6 is 23.2 Å². The standard InChI is InChI=1S/C32H32Cl2N2O6S/c1-4-6-27(32(38)41-5-2)36-29(20-7-12-24(33)13-8-20)30(21-9-14-25(34)15-10-21)42-28(31(36)37)18-22-11-16-26(43(3,39)40)17-23(22)19-35/h7-17,27-30H,4-6,18H2,1-3H3. The van der Waals surface area contributed by atoms with E-state index in [1.165, 1.54) is 18.2 Å². The predicted molar refractivity (Wildman–Crippen MR) is 163 cm³/mol. The zero-order valence-corrected chi connectivity index (χ0v) is 26.3. The van der Waals surface area contributed by atoms with E-state index in [1.54, 1.807) is 48.2 Å². The Morgan fingerprint density at radius 1 is 1.02 bits per heavy atom. The van der Waals surface area contributed by atoms with E-state index in [4.69, 9.17) is 32.7 Å². The van der Waals surface area contributed by atoms with Crippen molar-refractivity contribution in [1.29, 1.82) is 5.26 Å². The van der Waals surface area contributed by atoms with Crippen LogP contribution in [0.4, 0.5) is 0 Å². The number of hydrogen-bond donors (Lipinski definition) is 0. The number of halogens is 2. The normalized spacial score (nSPS) is 19.5. The molecule has 0 spiro atoms. The van der Waals surface area contributed by atoms with E-state index in [-0.39, 0.29) is 23.5 Å². The van der Waals surface area contributed by atoms with Crippen LogP contribution in [0.2, 0.25) is 10.0 Å². The van der Waals surface area contributed by atoms with Crippen molar-refractivity contribution in [2.24, 2.45) is 0 Å². The Balaban J connectivity index is 1.88. The van der Waals surface area contributed by atoms with Crippen molar-refractivity contribution in [1.82, 2.24) is 4.90 Å². The average Bonchev–Trinajstić information content (AvgIpc) is 2.97. The summed E-state index contributed by atoms with van der Waals surface area (Å²) in [5, 5.41) is 10.9. The number of hydrogen-bond acceptors (Lipinski definition) is 7. The molecule has 0 aliphatic carbocycles. The summed E-state index contributed by atoms with van der Waals surface area (Å²) in [5.41, 5.74) is 1.98. The van der Waals surface area contributed by atoms with Crippen LogP contribution in [0.5, 0.6) is 0 Å². The minimum atomic E-state index is -3.56. The molecule has 0 N–H and O–H groups in total. The third-order valence-corrected chi connectivity index (χ3v) is 8.94. The first kappa shape index (κ1) is 32.5. The molecule has 3 aromatic rings. The SMILES string of the molecule is CCCC(C(=O)OCC)N1C(=O)C(Cc2ccc(S(C)(=O)=O)cc2C#N)OC(c2ccc(Cl)cc2)C1c1ccc(Cl)cc1. The minimum absolute atomic E-state index is 0.00233. The van der Waals surface area contributed by atoms with E-state index >= 15 is 0 Å². The lowest BCUT2D eigenvalue weighted by Gasteiger charge is -2.47. The highest BCUT2D eigenvalue weighted by Gasteiger charge is 2.48. The molecule has 11 heteroatoms. The number of carbonyl (C=O) groups is 2. The second-order valence-corrected chi connectivity index (χ2v) is 13.2. The van der Waals surface area contributed by atoms with Gasteiger partial charge in [-0.3, -0.25) is 4.79 Å². The Morgan fingerprint density at radius 2 is 1.63 bits per heavy atom. The van der Waals surface area contributed by atoms with E-state index in [9.17, 15) is 23.3 Å².